The second-order valence-electron chi connectivity index (χ2n) is 6.40. The van der Waals surface area contributed by atoms with Gasteiger partial charge < -0.3 is 10.1 Å². The summed E-state index contributed by atoms with van der Waals surface area (Å²) in [4.78, 5) is 24.9. The molecule has 3 atom stereocenters. The molecule has 0 heterocycles. The largest absolute Gasteiger partial charge is 0.447 e. The molecule has 2 aromatic carbocycles. The normalized spacial score (nSPS) is 20.1. The third-order valence-electron chi connectivity index (χ3n) is 4.31. The Bertz CT molecular complexity index is 724. The summed E-state index contributed by atoms with van der Waals surface area (Å²) in [7, 11) is 0. The molecule has 1 fully saturated rings. The van der Waals surface area contributed by atoms with Crippen LogP contribution in [0.2, 0.25) is 0 Å². The van der Waals surface area contributed by atoms with E-state index in [2.05, 4.69) is 5.32 Å². The molecule has 0 radical (unpaired) electrons. The molecule has 1 N–H and O–H groups in total. The molecule has 0 bridgehead atoms. The fourth-order valence-corrected chi connectivity index (χ4v) is 2.60. The molecule has 1 aliphatic carbocycles. The summed E-state index contributed by atoms with van der Waals surface area (Å²) in [5, 5.41) is 2.83. The minimum absolute atomic E-state index is 0.0802. The van der Waals surface area contributed by atoms with Crippen LogP contribution in [-0.2, 0) is 14.3 Å². The smallest absolute Gasteiger partial charge is 0.310 e. The number of nitrogens with one attached hydrogen (secondary N) is 1. The lowest BCUT2D eigenvalue weighted by Crippen LogP contribution is -2.26. The van der Waals surface area contributed by atoms with Gasteiger partial charge in [-0.3, -0.25) is 9.59 Å². The number of carbonyl (C=O) groups excluding carboxylic acids is 2. The van der Waals surface area contributed by atoms with E-state index in [0.717, 1.165) is 12.0 Å². The SMILES string of the molecule is Cc1ccc(NC(=O)[C@H](OC(=O)[C@H]2C[C@H]2C)c2ccccc2)cc1. The first-order chi connectivity index (χ1) is 11.5. The average molecular weight is 323 g/mol. The topological polar surface area (TPSA) is 55.4 Å². The van der Waals surface area contributed by atoms with Gasteiger partial charge in [0.2, 0.25) is 6.10 Å². The summed E-state index contributed by atoms with van der Waals surface area (Å²) in [5.41, 5.74) is 2.47. The molecule has 1 aliphatic rings. The lowest BCUT2D eigenvalue weighted by molar-refractivity contribution is -0.156. The van der Waals surface area contributed by atoms with E-state index in [-0.39, 0.29) is 17.8 Å². The van der Waals surface area contributed by atoms with Crippen LogP contribution in [0.1, 0.15) is 30.6 Å². The number of hydrogen-bond acceptors (Lipinski definition) is 3. The fourth-order valence-electron chi connectivity index (χ4n) is 2.60. The molecular weight excluding hydrogens is 302 g/mol. The van der Waals surface area contributed by atoms with Crippen molar-refractivity contribution in [2.24, 2.45) is 11.8 Å². The highest BCUT2D eigenvalue weighted by Gasteiger charge is 2.42. The number of amides is 1. The van der Waals surface area contributed by atoms with E-state index in [9.17, 15) is 9.59 Å². The quantitative estimate of drug-likeness (QED) is 0.850. The lowest BCUT2D eigenvalue weighted by atomic mass is 10.1. The number of rotatable bonds is 5. The summed E-state index contributed by atoms with van der Waals surface area (Å²) in [6.45, 7) is 3.99. The number of carbonyl (C=O) groups is 2. The summed E-state index contributed by atoms with van der Waals surface area (Å²) < 4.78 is 5.54. The predicted octanol–water partition coefficient (Wildman–Crippen LogP) is 3.87. The Morgan fingerprint density at radius 2 is 1.71 bits per heavy atom. The van der Waals surface area contributed by atoms with Gasteiger partial charge in [-0.1, -0.05) is 55.0 Å². The Hall–Kier alpha value is -2.62. The molecule has 2 aromatic rings. The molecule has 0 spiro atoms. The molecule has 4 nitrogen and oxygen atoms in total. The summed E-state index contributed by atoms with van der Waals surface area (Å²) >= 11 is 0. The van der Waals surface area contributed by atoms with Gasteiger partial charge in [-0.25, -0.2) is 0 Å². The number of anilines is 1. The van der Waals surface area contributed by atoms with Crippen LogP contribution in [0.15, 0.2) is 54.6 Å². The van der Waals surface area contributed by atoms with Crippen LogP contribution in [0.3, 0.4) is 0 Å². The summed E-state index contributed by atoms with van der Waals surface area (Å²) in [5.74, 6) is -0.375. The fraction of sp³-hybridized carbons (Fsp3) is 0.300. The number of benzene rings is 2. The van der Waals surface area contributed by atoms with E-state index < -0.39 is 6.10 Å². The zero-order valence-electron chi connectivity index (χ0n) is 13.9. The Balaban J connectivity index is 1.76. The van der Waals surface area contributed by atoms with Crippen molar-refractivity contribution in [1.82, 2.24) is 0 Å². The zero-order valence-corrected chi connectivity index (χ0v) is 13.9. The standard InChI is InChI=1S/C20H21NO3/c1-13-8-10-16(11-9-13)21-19(22)18(15-6-4-3-5-7-15)24-20(23)17-12-14(17)2/h3-11,14,17-18H,12H2,1-2H3,(H,21,22)/t14-,17+,18-/m1/s1. The molecule has 1 amide bonds. The van der Waals surface area contributed by atoms with Crippen LogP contribution in [-0.4, -0.2) is 11.9 Å². The minimum Gasteiger partial charge on any atom is -0.447 e. The zero-order chi connectivity index (χ0) is 17.1. The molecule has 24 heavy (non-hydrogen) atoms. The van der Waals surface area contributed by atoms with Crippen LogP contribution in [0.25, 0.3) is 0 Å². The Labute approximate surface area is 141 Å². The first-order valence-corrected chi connectivity index (χ1v) is 8.17. The van der Waals surface area contributed by atoms with E-state index >= 15 is 0 Å². The minimum atomic E-state index is -0.937. The second-order valence-corrected chi connectivity index (χ2v) is 6.40. The Morgan fingerprint density at radius 3 is 2.29 bits per heavy atom. The van der Waals surface area contributed by atoms with Crippen LogP contribution in [0.5, 0.6) is 0 Å². The van der Waals surface area contributed by atoms with Gasteiger partial charge >= 0.3 is 5.97 Å². The highest BCUT2D eigenvalue weighted by molar-refractivity contribution is 5.96. The van der Waals surface area contributed by atoms with E-state index in [4.69, 9.17) is 4.74 Å². The van der Waals surface area contributed by atoms with Gasteiger partial charge in [-0.05, 0) is 31.4 Å². The highest BCUT2D eigenvalue weighted by Crippen LogP contribution is 2.39. The maximum Gasteiger partial charge on any atom is 0.310 e. The molecule has 0 aliphatic heterocycles. The second kappa shape index (κ2) is 6.87. The third kappa shape index (κ3) is 3.82. The van der Waals surface area contributed by atoms with Crippen LogP contribution in [0, 0.1) is 18.8 Å². The van der Waals surface area contributed by atoms with Crippen molar-refractivity contribution in [2.45, 2.75) is 26.4 Å². The highest BCUT2D eigenvalue weighted by atomic mass is 16.5. The van der Waals surface area contributed by atoms with Gasteiger partial charge in [-0.15, -0.1) is 0 Å². The molecule has 1 saturated carbocycles. The van der Waals surface area contributed by atoms with Crippen molar-refractivity contribution < 1.29 is 14.3 Å². The van der Waals surface area contributed by atoms with Gasteiger partial charge in [0.15, 0.2) is 0 Å². The van der Waals surface area contributed by atoms with E-state index in [1.54, 1.807) is 12.1 Å². The summed E-state index contributed by atoms with van der Waals surface area (Å²) in [6.07, 6.45) is -0.104. The molecule has 4 heteroatoms. The third-order valence-corrected chi connectivity index (χ3v) is 4.31. The van der Waals surface area contributed by atoms with Crippen molar-refractivity contribution in [3.63, 3.8) is 0 Å². The molecule has 3 rings (SSSR count). The molecule has 0 unspecified atom stereocenters. The maximum atomic E-state index is 12.7. The lowest BCUT2D eigenvalue weighted by Gasteiger charge is -2.18. The number of aryl methyl sites for hydroxylation is 1. The predicted molar refractivity (Wildman–Crippen MR) is 92.4 cm³/mol. The number of esters is 1. The molecule has 124 valence electrons. The van der Waals surface area contributed by atoms with Gasteiger partial charge in [0.05, 0.1) is 5.92 Å². The van der Waals surface area contributed by atoms with E-state index in [1.165, 1.54) is 0 Å². The van der Waals surface area contributed by atoms with Crippen molar-refractivity contribution in [2.75, 3.05) is 5.32 Å². The number of hydrogen-bond donors (Lipinski definition) is 1. The van der Waals surface area contributed by atoms with Gasteiger partial charge in [0, 0.05) is 11.3 Å². The van der Waals surface area contributed by atoms with Crippen LogP contribution >= 0.6 is 0 Å². The Kier molecular flexibility index (Phi) is 4.65. The van der Waals surface area contributed by atoms with Gasteiger partial charge in [-0.2, -0.15) is 0 Å². The van der Waals surface area contributed by atoms with Gasteiger partial charge in [0.1, 0.15) is 0 Å². The maximum absolute atomic E-state index is 12.7. The van der Waals surface area contributed by atoms with Crippen molar-refractivity contribution >= 4 is 17.6 Å². The van der Waals surface area contributed by atoms with E-state index in [0.29, 0.717) is 17.2 Å². The Morgan fingerprint density at radius 1 is 1.08 bits per heavy atom. The first kappa shape index (κ1) is 16.2. The van der Waals surface area contributed by atoms with Gasteiger partial charge in [0.25, 0.3) is 5.91 Å². The number of ether oxygens (including phenoxy) is 1. The van der Waals surface area contributed by atoms with Crippen molar-refractivity contribution in [3.8, 4) is 0 Å². The first-order valence-electron chi connectivity index (χ1n) is 8.17. The molecule has 0 saturated heterocycles. The summed E-state index contributed by atoms with van der Waals surface area (Å²) in [6, 6.07) is 16.6. The van der Waals surface area contributed by atoms with Crippen LogP contribution in [0.4, 0.5) is 5.69 Å². The molecular formula is C20H21NO3. The molecule has 0 aromatic heterocycles. The van der Waals surface area contributed by atoms with Crippen molar-refractivity contribution in [3.05, 3.63) is 65.7 Å². The monoisotopic (exact) mass is 323 g/mol. The average Bonchev–Trinajstić information content (AvgIpc) is 3.32. The van der Waals surface area contributed by atoms with Crippen molar-refractivity contribution in [1.29, 1.82) is 0 Å². The van der Waals surface area contributed by atoms with Crippen LogP contribution < -0.4 is 5.32 Å². The van der Waals surface area contributed by atoms with E-state index in [1.807, 2.05) is 56.3 Å².